The number of allylic oxidation sites excluding steroid dienone is 1. The van der Waals surface area contributed by atoms with E-state index in [4.69, 9.17) is 0 Å². The first kappa shape index (κ1) is 12.1. The summed E-state index contributed by atoms with van der Waals surface area (Å²) in [6.07, 6.45) is 3.58. The lowest BCUT2D eigenvalue weighted by Crippen LogP contribution is -2.26. The van der Waals surface area contributed by atoms with Gasteiger partial charge in [-0.15, -0.1) is 0 Å². The molecule has 1 N–H and O–H groups in total. The maximum Gasteiger partial charge on any atom is 0.245 e. The zero-order valence-electron chi connectivity index (χ0n) is 8.36. The molecule has 1 unspecified atom stereocenters. The molecule has 4 heteroatoms. The second-order valence-electron chi connectivity index (χ2n) is 2.71. The molecular formula is C9H17NO3. The molecular weight excluding hydrogens is 170 g/mol. The highest BCUT2D eigenvalue weighted by molar-refractivity contribution is 5.74. The molecule has 0 aromatic heterocycles. The summed E-state index contributed by atoms with van der Waals surface area (Å²) in [7, 11) is 2.98. The van der Waals surface area contributed by atoms with Crippen molar-refractivity contribution in [2.75, 3.05) is 14.2 Å². The summed E-state index contributed by atoms with van der Waals surface area (Å²) in [6, 6.07) is 0. The van der Waals surface area contributed by atoms with Gasteiger partial charge in [0.1, 0.15) is 0 Å². The summed E-state index contributed by atoms with van der Waals surface area (Å²) in [5, 5.41) is 10.4. The van der Waals surface area contributed by atoms with E-state index in [0.29, 0.717) is 6.42 Å². The first-order valence-corrected chi connectivity index (χ1v) is 4.23. The number of aliphatic hydroxyl groups excluding tert-OH is 1. The average Bonchev–Trinajstić information content (AvgIpc) is 2.13. The monoisotopic (exact) mass is 187 g/mol. The van der Waals surface area contributed by atoms with Gasteiger partial charge in [-0.25, -0.2) is 5.06 Å². The van der Waals surface area contributed by atoms with Gasteiger partial charge in [0, 0.05) is 13.5 Å². The minimum Gasteiger partial charge on any atom is -0.389 e. The predicted molar refractivity (Wildman–Crippen MR) is 49.8 cm³/mol. The number of hydrogen-bond acceptors (Lipinski definition) is 3. The third-order valence-electron chi connectivity index (χ3n) is 1.69. The highest BCUT2D eigenvalue weighted by atomic mass is 16.7. The molecule has 0 aliphatic rings. The molecule has 4 nitrogen and oxygen atoms in total. The minimum atomic E-state index is -0.542. The van der Waals surface area contributed by atoms with Crippen LogP contribution in [0.3, 0.4) is 0 Å². The number of hydrogen-bond donors (Lipinski definition) is 1. The molecule has 0 rings (SSSR count). The van der Waals surface area contributed by atoms with Crippen molar-refractivity contribution in [3.05, 3.63) is 12.2 Å². The Morgan fingerprint density at radius 1 is 1.69 bits per heavy atom. The van der Waals surface area contributed by atoms with E-state index in [2.05, 4.69) is 4.84 Å². The fraction of sp³-hybridized carbons (Fsp3) is 0.667. The predicted octanol–water partition coefficient (Wildman–Crippen LogP) is 0.723. The van der Waals surface area contributed by atoms with E-state index in [1.54, 1.807) is 19.2 Å². The molecule has 0 spiro atoms. The molecule has 0 fully saturated rings. The number of carbonyl (C=O) groups excluding carboxylic acids is 1. The van der Waals surface area contributed by atoms with E-state index in [0.717, 1.165) is 5.06 Å². The molecule has 0 saturated carbocycles. The van der Waals surface area contributed by atoms with E-state index in [1.165, 1.54) is 7.11 Å². The van der Waals surface area contributed by atoms with Crippen LogP contribution in [0, 0.1) is 0 Å². The maximum absolute atomic E-state index is 11.1. The van der Waals surface area contributed by atoms with Gasteiger partial charge in [0.2, 0.25) is 5.91 Å². The smallest absolute Gasteiger partial charge is 0.245 e. The Balaban J connectivity index is 3.69. The van der Waals surface area contributed by atoms with Crippen LogP contribution in [0.1, 0.15) is 19.8 Å². The van der Waals surface area contributed by atoms with Crippen LogP contribution in [0.15, 0.2) is 12.2 Å². The first-order chi connectivity index (χ1) is 6.11. The number of nitrogens with zero attached hydrogens (tertiary/aromatic N) is 1. The molecule has 0 radical (unpaired) electrons. The number of aliphatic hydroxyl groups is 1. The van der Waals surface area contributed by atoms with Gasteiger partial charge >= 0.3 is 0 Å². The zero-order chi connectivity index (χ0) is 10.3. The molecule has 0 heterocycles. The highest BCUT2D eigenvalue weighted by Gasteiger charge is 2.09. The van der Waals surface area contributed by atoms with Crippen molar-refractivity contribution < 1.29 is 14.7 Å². The first-order valence-electron chi connectivity index (χ1n) is 4.23. The van der Waals surface area contributed by atoms with Gasteiger partial charge in [-0.3, -0.25) is 9.63 Å². The van der Waals surface area contributed by atoms with E-state index in [-0.39, 0.29) is 12.3 Å². The van der Waals surface area contributed by atoms with Crippen LogP contribution >= 0.6 is 0 Å². The average molecular weight is 187 g/mol. The Kier molecular flexibility index (Phi) is 6.18. The summed E-state index contributed by atoms with van der Waals surface area (Å²) in [5.74, 6) is -0.133. The van der Waals surface area contributed by atoms with Crippen LogP contribution in [-0.4, -0.2) is 36.3 Å². The molecule has 1 atom stereocenters. The Morgan fingerprint density at radius 3 is 2.77 bits per heavy atom. The lowest BCUT2D eigenvalue weighted by molar-refractivity contribution is -0.169. The lowest BCUT2D eigenvalue weighted by atomic mass is 10.2. The Labute approximate surface area is 78.8 Å². The van der Waals surface area contributed by atoms with E-state index in [9.17, 15) is 9.90 Å². The third-order valence-corrected chi connectivity index (χ3v) is 1.69. The molecule has 76 valence electrons. The van der Waals surface area contributed by atoms with Gasteiger partial charge in [-0.1, -0.05) is 12.2 Å². The van der Waals surface area contributed by atoms with Crippen molar-refractivity contribution in [1.29, 1.82) is 0 Å². The van der Waals surface area contributed by atoms with Crippen LogP contribution < -0.4 is 0 Å². The number of hydroxylamine groups is 2. The molecule has 0 aliphatic carbocycles. The fourth-order valence-electron chi connectivity index (χ4n) is 0.849. The second kappa shape index (κ2) is 6.62. The Hall–Kier alpha value is -0.870. The summed E-state index contributed by atoms with van der Waals surface area (Å²) in [5.41, 5.74) is 0. The van der Waals surface area contributed by atoms with Crippen molar-refractivity contribution in [2.24, 2.45) is 0 Å². The van der Waals surface area contributed by atoms with Gasteiger partial charge in [-0.2, -0.15) is 0 Å². The SMILES string of the molecule is C/C=C/C(O)CCC(=O)N(C)OC. The lowest BCUT2D eigenvalue weighted by Gasteiger charge is -2.13. The standard InChI is InChI=1S/C9H17NO3/c1-4-5-8(11)6-7-9(12)10(2)13-3/h4-5,8,11H,6-7H2,1-3H3/b5-4+. The summed E-state index contributed by atoms with van der Waals surface area (Å²) < 4.78 is 0. The summed E-state index contributed by atoms with van der Waals surface area (Å²) in [4.78, 5) is 15.8. The summed E-state index contributed by atoms with van der Waals surface area (Å²) >= 11 is 0. The van der Waals surface area contributed by atoms with E-state index < -0.39 is 6.10 Å². The van der Waals surface area contributed by atoms with Crippen molar-refractivity contribution in [1.82, 2.24) is 5.06 Å². The molecule has 1 amide bonds. The molecule has 13 heavy (non-hydrogen) atoms. The molecule has 0 aromatic carbocycles. The van der Waals surface area contributed by atoms with Crippen molar-refractivity contribution >= 4 is 5.91 Å². The van der Waals surface area contributed by atoms with Gasteiger partial charge in [0.15, 0.2) is 0 Å². The van der Waals surface area contributed by atoms with Crippen LogP contribution in [0.5, 0.6) is 0 Å². The van der Waals surface area contributed by atoms with Gasteiger partial charge in [0.05, 0.1) is 13.2 Å². The largest absolute Gasteiger partial charge is 0.389 e. The normalized spacial score (nSPS) is 13.2. The van der Waals surface area contributed by atoms with Crippen molar-refractivity contribution in [2.45, 2.75) is 25.9 Å². The van der Waals surface area contributed by atoms with Crippen LogP contribution in [-0.2, 0) is 9.63 Å². The van der Waals surface area contributed by atoms with Crippen LogP contribution in [0.2, 0.25) is 0 Å². The number of amides is 1. The molecule has 0 bridgehead atoms. The molecule has 0 saturated heterocycles. The zero-order valence-corrected chi connectivity index (χ0v) is 8.36. The quantitative estimate of drug-likeness (QED) is 0.509. The number of carbonyl (C=O) groups is 1. The highest BCUT2D eigenvalue weighted by Crippen LogP contribution is 2.01. The third kappa shape index (κ3) is 5.38. The maximum atomic E-state index is 11.1. The van der Waals surface area contributed by atoms with Crippen LogP contribution in [0.4, 0.5) is 0 Å². The van der Waals surface area contributed by atoms with Crippen molar-refractivity contribution in [3.8, 4) is 0 Å². The van der Waals surface area contributed by atoms with Crippen molar-refractivity contribution in [3.63, 3.8) is 0 Å². The Bertz CT molecular complexity index is 180. The fourth-order valence-corrected chi connectivity index (χ4v) is 0.849. The minimum absolute atomic E-state index is 0.133. The molecule has 0 aliphatic heterocycles. The molecule has 0 aromatic rings. The van der Waals surface area contributed by atoms with Gasteiger partial charge in [0.25, 0.3) is 0 Å². The van der Waals surface area contributed by atoms with Gasteiger partial charge < -0.3 is 5.11 Å². The second-order valence-corrected chi connectivity index (χ2v) is 2.71. The Morgan fingerprint density at radius 2 is 2.31 bits per heavy atom. The van der Waals surface area contributed by atoms with Gasteiger partial charge in [-0.05, 0) is 13.3 Å². The topological polar surface area (TPSA) is 49.8 Å². The van der Waals surface area contributed by atoms with E-state index in [1.807, 2.05) is 6.92 Å². The summed E-state index contributed by atoms with van der Waals surface area (Å²) in [6.45, 7) is 1.83. The van der Waals surface area contributed by atoms with E-state index >= 15 is 0 Å². The van der Waals surface area contributed by atoms with Crippen LogP contribution in [0.25, 0.3) is 0 Å². The number of rotatable bonds is 5.